The van der Waals surface area contributed by atoms with E-state index in [2.05, 4.69) is 5.32 Å². The Morgan fingerprint density at radius 3 is 2.46 bits per heavy atom. The number of carboxylic acid groups (broad SMARTS) is 1. The first-order chi connectivity index (χ1) is 12.5. The molecule has 0 unspecified atom stereocenters. The molecular weight excluding hydrogens is 332 g/mol. The molecule has 0 saturated carbocycles. The van der Waals surface area contributed by atoms with Gasteiger partial charge in [-0.05, 0) is 43.2 Å². The molecule has 0 bridgehead atoms. The van der Waals surface area contributed by atoms with Crippen molar-refractivity contribution in [2.24, 2.45) is 5.92 Å². The van der Waals surface area contributed by atoms with E-state index < -0.39 is 11.9 Å². The Morgan fingerprint density at radius 1 is 1.00 bits per heavy atom. The van der Waals surface area contributed by atoms with E-state index in [9.17, 15) is 19.5 Å². The third-order valence-corrected chi connectivity index (χ3v) is 4.46. The van der Waals surface area contributed by atoms with Crippen molar-refractivity contribution in [3.05, 3.63) is 65.7 Å². The summed E-state index contributed by atoms with van der Waals surface area (Å²) in [5, 5.41) is 12.0. The first-order valence-electron chi connectivity index (χ1n) is 8.53. The number of carbonyl (C=O) groups excluding carboxylic acids is 2. The van der Waals surface area contributed by atoms with Gasteiger partial charge in [0, 0.05) is 29.9 Å². The van der Waals surface area contributed by atoms with E-state index in [1.807, 2.05) is 6.07 Å². The van der Waals surface area contributed by atoms with Crippen LogP contribution in [0.15, 0.2) is 54.6 Å². The molecule has 1 saturated heterocycles. The highest BCUT2D eigenvalue weighted by molar-refractivity contribution is 6.05. The molecule has 0 spiro atoms. The standard InChI is InChI=1S/C20H20N2O4/c23-18(14-6-2-1-3-7-14)21-17-10-4-8-15(12-17)19(24)22-11-5-9-16(13-22)20(25)26/h1-4,6-8,10,12,16H,5,9,11,13H2,(H,21,23)(H,25,26)/t16-/m0/s1. The minimum atomic E-state index is -0.869. The zero-order valence-corrected chi connectivity index (χ0v) is 14.2. The molecule has 6 nitrogen and oxygen atoms in total. The largest absolute Gasteiger partial charge is 0.481 e. The number of aliphatic carboxylic acids is 1. The van der Waals surface area contributed by atoms with Crippen molar-refractivity contribution in [3.8, 4) is 0 Å². The number of carbonyl (C=O) groups is 3. The lowest BCUT2D eigenvalue weighted by Gasteiger charge is -2.30. The van der Waals surface area contributed by atoms with Crippen LogP contribution in [-0.4, -0.2) is 40.9 Å². The van der Waals surface area contributed by atoms with E-state index in [0.29, 0.717) is 36.2 Å². The summed E-state index contributed by atoms with van der Waals surface area (Å²) in [6.45, 7) is 0.762. The molecule has 26 heavy (non-hydrogen) atoms. The number of anilines is 1. The van der Waals surface area contributed by atoms with Gasteiger partial charge in [-0.2, -0.15) is 0 Å². The molecule has 3 rings (SSSR count). The number of nitrogens with zero attached hydrogens (tertiary/aromatic N) is 1. The fourth-order valence-corrected chi connectivity index (χ4v) is 3.07. The summed E-state index contributed by atoms with van der Waals surface area (Å²) in [5.41, 5.74) is 1.49. The highest BCUT2D eigenvalue weighted by Gasteiger charge is 2.28. The molecule has 6 heteroatoms. The number of carboxylic acids is 1. The average molecular weight is 352 g/mol. The van der Waals surface area contributed by atoms with Gasteiger partial charge in [0.2, 0.25) is 0 Å². The first-order valence-corrected chi connectivity index (χ1v) is 8.53. The van der Waals surface area contributed by atoms with Crippen LogP contribution in [0.3, 0.4) is 0 Å². The van der Waals surface area contributed by atoms with Crippen LogP contribution in [0.25, 0.3) is 0 Å². The third-order valence-electron chi connectivity index (χ3n) is 4.46. The van der Waals surface area contributed by atoms with Gasteiger partial charge in [0.25, 0.3) is 11.8 Å². The van der Waals surface area contributed by atoms with Crippen LogP contribution < -0.4 is 5.32 Å². The van der Waals surface area contributed by atoms with Crippen LogP contribution >= 0.6 is 0 Å². The molecule has 2 amide bonds. The molecule has 1 aliphatic heterocycles. The van der Waals surface area contributed by atoms with E-state index in [1.54, 1.807) is 53.4 Å². The van der Waals surface area contributed by atoms with Crippen molar-refractivity contribution in [3.63, 3.8) is 0 Å². The van der Waals surface area contributed by atoms with Gasteiger partial charge in [-0.3, -0.25) is 14.4 Å². The number of likely N-dealkylation sites (tertiary alicyclic amines) is 1. The number of amides is 2. The summed E-state index contributed by atoms with van der Waals surface area (Å²) in [6, 6.07) is 15.5. The lowest BCUT2D eigenvalue weighted by atomic mass is 9.97. The lowest BCUT2D eigenvalue weighted by molar-refractivity contribution is -0.143. The van der Waals surface area contributed by atoms with Gasteiger partial charge in [0.1, 0.15) is 0 Å². The van der Waals surface area contributed by atoms with E-state index in [-0.39, 0.29) is 18.4 Å². The minimum absolute atomic E-state index is 0.216. The predicted molar refractivity (Wildman–Crippen MR) is 97.1 cm³/mol. The summed E-state index contributed by atoms with van der Waals surface area (Å²) in [7, 11) is 0. The summed E-state index contributed by atoms with van der Waals surface area (Å²) in [5.74, 6) is -1.86. The molecule has 0 aromatic heterocycles. The summed E-state index contributed by atoms with van der Waals surface area (Å²) < 4.78 is 0. The van der Waals surface area contributed by atoms with Crippen LogP contribution in [-0.2, 0) is 4.79 Å². The fraction of sp³-hybridized carbons (Fsp3) is 0.250. The van der Waals surface area contributed by atoms with E-state index in [0.717, 1.165) is 0 Å². The normalized spacial score (nSPS) is 16.8. The SMILES string of the molecule is O=C(Nc1cccc(C(=O)N2CCC[C@H](C(=O)O)C2)c1)c1ccccc1. The number of rotatable bonds is 4. The second kappa shape index (κ2) is 7.82. The maximum atomic E-state index is 12.7. The maximum absolute atomic E-state index is 12.7. The van der Waals surface area contributed by atoms with Crippen LogP contribution in [0, 0.1) is 5.92 Å². The smallest absolute Gasteiger partial charge is 0.308 e. The Morgan fingerprint density at radius 2 is 1.73 bits per heavy atom. The number of piperidine rings is 1. The van der Waals surface area contributed by atoms with E-state index >= 15 is 0 Å². The predicted octanol–water partition coefficient (Wildman–Crippen LogP) is 2.88. The molecule has 2 aromatic carbocycles. The fourth-order valence-electron chi connectivity index (χ4n) is 3.07. The lowest BCUT2D eigenvalue weighted by Crippen LogP contribution is -2.42. The zero-order valence-electron chi connectivity index (χ0n) is 14.2. The molecule has 1 fully saturated rings. The second-order valence-corrected chi connectivity index (χ2v) is 6.33. The van der Waals surface area contributed by atoms with Gasteiger partial charge in [-0.15, -0.1) is 0 Å². The molecule has 1 aliphatic rings. The Balaban J connectivity index is 1.71. The van der Waals surface area contributed by atoms with Gasteiger partial charge < -0.3 is 15.3 Å². The number of benzene rings is 2. The Kier molecular flexibility index (Phi) is 5.31. The first kappa shape index (κ1) is 17.7. The molecule has 1 atom stereocenters. The van der Waals surface area contributed by atoms with Crippen LogP contribution in [0.5, 0.6) is 0 Å². The van der Waals surface area contributed by atoms with Crippen LogP contribution in [0.1, 0.15) is 33.6 Å². The van der Waals surface area contributed by atoms with E-state index in [4.69, 9.17) is 0 Å². The summed E-state index contributed by atoms with van der Waals surface area (Å²) >= 11 is 0. The summed E-state index contributed by atoms with van der Waals surface area (Å²) in [6.07, 6.45) is 1.26. The van der Waals surface area contributed by atoms with Crippen molar-refractivity contribution in [2.75, 3.05) is 18.4 Å². The Hall–Kier alpha value is -3.15. The highest BCUT2D eigenvalue weighted by atomic mass is 16.4. The number of hydrogen-bond donors (Lipinski definition) is 2. The van der Waals surface area contributed by atoms with Crippen molar-refractivity contribution >= 4 is 23.5 Å². The second-order valence-electron chi connectivity index (χ2n) is 6.33. The van der Waals surface area contributed by atoms with E-state index in [1.165, 1.54) is 0 Å². The van der Waals surface area contributed by atoms with Gasteiger partial charge in [-0.25, -0.2) is 0 Å². The Labute approximate surface area is 151 Å². The molecular formula is C20H20N2O4. The monoisotopic (exact) mass is 352 g/mol. The van der Waals surface area contributed by atoms with Crippen molar-refractivity contribution < 1.29 is 19.5 Å². The zero-order chi connectivity index (χ0) is 18.5. The molecule has 0 aliphatic carbocycles. The quantitative estimate of drug-likeness (QED) is 0.886. The molecule has 134 valence electrons. The van der Waals surface area contributed by atoms with Gasteiger partial charge in [0.15, 0.2) is 0 Å². The van der Waals surface area contributed by atoms with Crippen molar-refractivity contribution in [2.45, 2.75) is 12.8 Å². The van der Waals surface area contributed by atoms with Crippen LogP contribution in [0.4, 0.5) is 5.69 Å². The summed E-state index contributed by atoms with van der Waals surface area (Å²) in [4.78, 5) is 37.7. The highest BCUT2D eigenvalue weighted by Crippen LogP contribution is 2.20. The van der Waals surface area contributed by atoms with Gasteiger partial charge >= 0.3 is 5.97 Å². The molecule has 2 aromatic rings. The molecule has 1 heterocycles. The van der Waals surface area contributed by atoms with Crippen molar-refractivity contribution in [1.29, 1.82) is 0 Å². The van der Waals surface area contributed by atoms with Crippen LogP contribution in [0.2, 0.25) is 0 Å². The van der Waals surface area contributed by atoms with Gasteiger partial charge in [0.05, 0.1) is 5.92 Å². The third kappa shape index (κ3) is 4.08. The van der Waals surface area contributed by atoms with Gasteiger partial charge in [-0.1, -0.05) is 24.3 Å². The maximum Gasteiger partial charge on any atom is 0.308 e. The number of nitrogens with one attached hydrogen (secondary N) is 1. The Bertz CT molecular complexity index is 820. The topological polar surface area (TPSA) is 86.7 Å². The number of hydrogen-bond acceptors (Lipinski definition) is 3. The molecule has 2 N–H and O–H groups in total. The molecule has 0 radical (unpaired) electrons. The van der Waals surface area contributed by atoms with Crippen molar-refractivity contribution in [1.82, 2.24) is 4.90 Å². The minimum Gasteiger partial charge on any atom is -0.481 e. The average Bonchev–Trinajstić information content (AvgIpc) is 2.68.